The molecule has 0 radical (unpaired) electrons. The first-order chi connectivity index (χ1) is 8.27. The van der Waals surface area contributed by atoms with Crippen LogP contribution in [-0.4, -0.2) is 19.2 Å². The second-order valence-electron chi connectivity index (χ2n) is 3.80. The highest BCUT2D eigenvalue weighted by atomic mass is 16.5. The van der Waals surface area contributed by atoms with E-state index in [9.17, 15) is 0 Å². The van der Waals surface area contributed by atoms with Gasteiger partial charge in [0.15, 0.2) is 0 Å². The van der Waals surface area contributed by atoms with Crippen molar-refractivity contribution in [1.82, 2.24) is 5.32 Å². The topological polar surface area (TPSA) is 21.3 Å². The quantitative estimate of drug-likeness (QED) is 0.598. The van der Waals surface area contributed by atoms with Gasteiger partial charge in [0.05, 0.1) is 6.54 Å². The van der Waals surface area contributed by atoms with Gasteiger partial charge in [0.2, 0.25) is 0 Å². The lowest BCUT2D eigenvalue weighted by molar-refractivity contribution is 0.219. The van der Waals surface area contributed by atoms with E-state index in [4.69, 9.17) is 11.2 Å². The lowest BCUT2D eigenvalue weighted by Crippen LogP contribution is -2.29. The van der Waals surface area contributed by atoms with E-state index < -0.39 is 0 Å². The first kappa shape index (κ1) is 13.3. The Balaban J connectivity index is 2.58. The molecule has 0 saturated carbocycles. The summed E-state index contributed by atoms with van der Waals surface area (Å²) in [6.07, 6.45) is 9.30. The van der Waals surface area contributed by atoms with E-state index in [2.05, 4.69) is 11.2 Å². The molecule has 0 fully saturated rings. The number of terminal acetylenes is 1. The van der Waals surface area contributed by atoms with Crippen molar-refractivity contribution >= 4 is 6.08 Å². The summed E-state index contributed by atoms with van der Waals surface area (Å²) >= 11 is 0. The van der Waals surface area contributed by atoms with Crippen molar-refractivity contribution in [3.8, 4) is 18.1 Å². The maximum Gasteiger partial charge on any atom is 0.126 e. The van der Waals surface area contributed by atoms with E-state index in [0.717, 1.165) is 17.9 Å². The van der Waals surface area contributed by atoms with Crippen LogP contribution in [0, 0.1) is 12.3 Å². The van der Waals surface area contributed by atoms with Gasteiger partial charge in [-0.3, -0.25) is 0 Å². The maximum absolute atomic E-state index is 5.86. The molecule has 0 spiro atoms. The third-order valence-corrected chi connectivity index (χ3v) is 2.25. The van der Waals surface area contributed by atoms with Crippen molar-refractivity contribution in [2.24, 2.45) is 0 Å². The molecule has 0 amide bonds. The molecule has 0 heterocycles. The van der Waals surface area contributed by atoms with Gasteiger partial charge in [0, 0.05) is 12.1 Å². The minimum absolute atomic E-state index is 0.0924. The molecule has 17 heavy (non-hydrogen) atoms. The SMILES string of the molecule is C#CCNCC(C)Oc1ccccc1/C=C/C. The lowest BCUT2D eigenvalue weighted by Gasteiger charge is -2.16. The number of para-hydroxylation sites is 1. The summed E-state index contributed by atoms with van der Waals surface area (Å²) in [7, 11) is 0. The van der Waals surface area contributed by atoms with Crippen LogP contribution in [0.1, 0.15) is 19.4 Å². The molecular weight excluding hydrogens is 210 g/mol. The summed E-state index contributed by atoms with van der Waals surface area (Å²) in [5.74, 6) is 3.44. The Morgan fingerprint density at radius 2 is 2.24 bits per heavy atom. The van der Waals surface area contributed by atoms with Crippen LogP contribution in [0.15, 0.2) is 30.3 Å². The Morgan fingerprint density at radius 1 is 1.47 bits per heavy atom. The van der Waals surface area contributed by atoms with E-state index in [-0.39, 0.29) is 6.10 Å². The van der Waals surface area contributed by atoms with Crippen LogP contribution < -0.4 is 10.1 Å². The van der Waals surface area contributed by atoms with Crippen molar-refractivity contribution < 1.29 is 4.74 Å². The molecule has 0 aliphatic carbocycles. The minimum Gasteiger partial charge on any atom is -0.489 e. The molecule has 1 N–H and O–H groups in total. The lowest BCUT2D eigenvalue weighted by atomic mass is 10.2. The second kappa shape index (κ2) is 7.54. The van der Waals surface area contributed by atoms with E-state index in [0.29, 0.717) is 6.54 Å². The fourth-order valence-corrected chi connectivity index (χ4v) is 1.51. The molecule has 90 valence electrons. The number of hydrogen-bond donors (Lipinski definition) is 1. The zero-order chi connectivity index (χ0) is 12.5. The molecule has 1 aromatic rings. The number of allylic oxidation sites excluding steroid dienone is 1. The predicted molar refractivity (Wildman–Crippen MR) is 72.9 cm³/mol. The largest absolute Gasteiger partial charge is 0.489 e. The van der Waals surface area contributed by atoms with Gasteiger partial charge in [-0.05, 0) is 19.9 Å². The standard InChI is InChI=1S/C15H19NO/c1-4-8-14-9-6-7-10-15(14)17-13(3)12-16-11-5-2/h2,4,6-10,13,16H,11-12H2,1,3H3/b8-4+. The van der Waals surface area contributed by atoms with Crippen molar-refractivity contribution in [3.05, 3.63) is 35.9 Å². The van der Waals surface area contributed by atoms with Gasteiger partial charge in [0.1, 0.15) is 11.9 Å². The van der Waals surface area contributed by atoms with Crippen LogP contribution in [0.3, 0.4) is 0 Å². The Hall–Kier alpha value is -1.72. The number of ether oxygens (including phenoxy) is 1. The van der Waals surface area contributed by atoms with Gasteiger partial charge >= 0.3 is 0 Å². The molecule has 1 aromatic carbocycles. The number of nitrogens with one attached hydrogen (secondary N) is 1. The van der Waals surface area contributed by atoms with E-state index >= 15 is 0 Å². The highest BCUT2D eigenvalue weighted by Gasteiger charge is 2.05. The summed E-state index contributed by atoms with van der Waals surface area (Å²) in [5.41, 5.74) is 1.10. The van der Waals surface area contributed by atoms with Gasteiger partial charge < -0.3 is 10.1 Å². The number of rotatable bonds is 6. The van der Waals surface area contributed by atoms with Crippen LogP contribution in [0.5, 0.6) is 5.75 Å². The van der Waals surface area contributed by atoms with Gasteiger partial charge in [0.25, 0.3) is 0 Å². The van der Waals surface area contributed by atoms with E-state index in [1.165, 1.54) is 0 Å². The highest BCUT2D eigenvalue weighted by molar-refractivity contribution is 5.56. The Kier molecular flexibility index (Phi) is 5.92. The molecule has 0 aliphatic rings. The summed E-state index contributed by atoms with van der Waals surface area (Å²) in [4.78, 5) is 0. The molecule has 2 heteroatoms. The third kappa shape index (κ3) is 4.76. The molecule has 1 unspecified atom stereocenters. The zero-order valence-corrected chi connectivity index (χ0v) is 10.4. The Labute approximate surface area is 104 Å². The Morgan fingerprint density at radius 3 is 2.94 bits per heavy atom. The fourth-order valence-electron chi connectivity index (χ4n) is 1.51. The van der Waals surface area contributed by atoms with Crippen LogP contribution in [0.2, 0.25) is 0 Å². The van der Waals surface area contributed by atoms with Crippen LogP contribution in [-0.2, 0) is 0 Å². The first-order valence-electron chi connectivity index (χ1n) is 5.80. The van der Waals surface area contributed by atoms with Crippen LogP contribution in [0.4, 0.5) is 0 Å². The summed E-state index contributed by atoms with van der Waals surface area (Å²) in [6, 6.07) is 8.00. The molecule has 2 nitrogen and oxygen atoms in total. The average molecular weight is 229 g/mol. The maximum atomic E-state index is 5.86. The highest BCUT2D eigenvalue weighted by Crippen LogP contribution is 2.20. The van der Waals surface area contributed by atoms with E-state index in [1.807, 2.05) is 50.3 Å². The normalized spacial score (nSPS) is 12.3. The van der Waals surface area contributed by atoms with Gasteiger partial charge in [-0.15, -0.1) is 6.42 Å². The van der Waals surface area contributed by atoms with Crippen molar-refractivity contribution in [1.29, 1.82) is 0 Å². The molecule has 0 aliphatic heterocycles. The van der Waals surface area contributed by atoms with Gasteiger partial charge in [-0.25, -0.2) is 0 Å². The van der Waals surface area contributed by atoms with Crippen molar-refractivity contribution in [3.63, 3.8) is 0 Å². The fraction of sp³-hybridized carbons (Fsp3) is 0.333. The third-order valence-electron chi connectivity index (χ3n) is 2.25. The molecule has 0 saturated heterocycles. The zero-order valence-electron chi connectivity index (χ0n) is 10.4. The minimum atomic E-state index is 0.0924. The molecule has 1 rings (SSSR count). The monoisotopic (exact) mass is 229 g/mol. The molecule has 0 aromatic heterocycles. The summed E-state index contributed by atoms with van der Waals surface area (Å²) in [5, 5.41) is 3.13. The molecular formula is C15H19NO. The summed E-state index contributed by atoms with van der Waals surface area (Å²) < 4.78 is 5.86. The second-order valence-corrected chi connectivity index (χ2v) is 3.80. The van der Waals surface area contributed by atoms with Crippen LogP contribution >= 0.6 is 0 Å². The smallest absolute Gasteiger partial charge is 0.126 e. The Bertz CT molecular complexity index is 404. The average Bonchev–Trinajstić information content (AvgIpc) is 2.32. The van der Waals surface area contributed by atoms with Crippen LogP contribution in [0.25, 0.3) is 6.08 Å². The molecule has 0 bridgehead atoms. The van der Waals surface area contributed by atoms with Crippen molar-refractivity contribution in [2.45, 2.75) is 20.0 Å². The van der Waals surface area contributed by atoms with Gasteiger partial charge in [-0.2, -0.15) is 0 Å². The van der Waals surface area contributed by atoms with Gasteiger partial charge in [-0.1, -0.05) is 36.3 Å². The predicted octanol–water partition coefficient (Wildman–Crippen LogP) is 2.71. The van der Waals surface area contributed by atoms with Crippen molar-refractivity contribution in [2.75, 3.05) is 13.1 Å². The summed E-state index contributed by atoms with van der Waals surface area (Å²) in [6.45, 7) is 5.34. The van der Waals surface area contributed by atoms with E-state index in [1.54, 1.807) is 0 Å². The number of hydrogen-bond acceptors (Lipinski definition) is 2. The number of benzene rings is 1. The first-order valence-corrected chi connectivity index (χ1v) is 5.80. The molecule has 1 atom stereocenters.